The van der Waals surface area contributed by atoms with E-state index < -0.39 is 29.8 Å². The molecule has 5 unspecified atom stereocenters. The second-order valence-electron chi connectivity index (χ2n) is 9.74. The molecule has 0 aliphatic heterocycles. The van der Waals surface area contributed by atoms with Crippen LogP contribution in [0, 0.1) is 28.6 Å². The van der Waals surface area contributed by atoms with Crippen molar-refractivity contribution in [2.24, 2.45) is 28.6 Å². The van der Waals surface area contributed by atoms with Crippen LogP contribution in [-0.2, 0) is 4.79 Å². The molecule has 146 valence electrons. The molecule has 5 heteroatoms. The van der Waals surface area contributed by atoms with Crippen molar-refractivity contribution < 1.29 is 25.2 Å². The van der Waals surface area contributed by atoms with E-state index in [9.17, 15) is 25.2 Å². The van der Waals surface area contributed by atoms with Gasteiger partial charge in [0.15, 0.2) is 5.78 Å². The van der Waals surface area contributed by atoms with Crippen molar-refractivity contribution in [1.29, 1.82) is 0 Å². The van der Waals surface area contributed by atoms with Gasteiger partial charge in [0.2, 0.25) is 0 Å². The summed E-state index contributed by atoms with van der Waals surface area (Å²) in [5, 5.41) is 42.3. The van der Waals surface area contributed by atoms with Crippen molar-refractivity contribution in [3.8, 4) is 0 Å². The molecule has 3 saturated carbocycles. The van der Waals surface area contributed by atoms with Gasteiger partial charge in [-0.25, -0.2) is 0 Å². The molecule has 4 N–H and O–H groups in total. The quantitative estimate of drug-likeness (QED) is 0.596. The summed E-state index contributed by atoms with van der Waals surface area (Å²) in [5.74, 6) is 0.798. The number of hydrogen-bond donors (Lipinski definition) is 4. The molecule has 0 aromatic carbocycles. The molecule has 0 aromatic rings. The lowest BCUT2D eigenvalue weighted by Crippen LogP contribution is -2.63. The molecule has 0 bridgehead atoms. The average molecular weight is 364 g/mol. The molecule has 4 aliphatic carbocycles. The maximum absolute atomic E-state index is 11.9. The lowest BCUT2D eigenvalue weighted by Gasteiger charge is -2.61. The minimum absolute atomic E-state index is 0.0993. The molecule has 0 amide bonds. The van der Waals surface area contributed by atoms with Gasteiger partial charge in [-0.05, 0) is 67.8 Å². The van der Waals surface area contributed by atoms with E-state index in [-0.39, 0.29) is 29.0 Å². The van der Waals surface area contributed by atoms with E-state index in [4.69, 9.17) is 0 Å². The van der Waals surface area contributed by atoms with Gasteiger partial charge in [0.1, 0.15) is 6.10 Å². The Labute approximate surface area is 155 Å². The largest absolute Gasteiger partial charge is 0.394 e. The van der Waals surface area contributed by atoms with Crippen molar-refractivity contribution >= 4 is 5.78 Å². The Hall–Kier alpha value is -0.750. The first-order valence-corrected chi connectivity index (χ1v) is 10.1. The Kier molecular flexibility index (Phi) is 4.20. The van der Waals surface area contributed by atoms with Crippen molar-refractivity contribution in [1.82, 2.24) is 0 Å². The molecule has 8 atom stereocenters. The van der Waals surface area contributed by atoms with Crippen LogP contribution < -0.4 is 0 Å². The number of hydrogen-bond acceptors (Lipinski definition) is 5. The zero-order valence-corrected chi connectivity index (χ0v) is 15.8. The summed E-state index contributed by atoms with van der Waals surface area (Å²) in [6.45, 7) is 3.73. The molecule has 0 radical (unpaired) electrons. The van der Waals surface area contributed by atoms with Gasteiger partial charge >= 0.3 is 0 Å². The van der Waals surface area contributed by atoms with Gasteiger partial charge in [0.25, 0.3) is 0 Å². The molecule has 4 aliphatic rings. The van der Waals surface area contributed by atoms with Gasteiger partial charge in [0, 0.05) is 11.8 Å². The van der Waals surface area contributed by atoms with E-state index in [0.29, 0.717) is 19.3 Å². The summed E-state index contributed by atoms with van der Waals surface area (Å²) in [6, 6.07) is 0. The van der Waals surface area contributed by atoms with E-state index in [0.717, 1.165) is 25.7 Å². The minimum Gasteiger partial charge on any atom is -0.394 e. The van der Waals surface area contributed by atoms with Crippen molar-refractivity contribution in [3.05, 3.63) is 11.6 Å². The number of aliphatic hydroxyl groups excluding tert-OH is 3. The van der Waals surface area contributed by atoms with Crippen LogP contribution in [0.5, 0.6) is 0 Å². The highest BCUT2D eigenvalue weighted by Crippen LogP contribution is 2.67. The van der Waals surface area contributed by atoms with Gasteiger partial charge in [0.05, 0.1) is 18.3 Å². The summed E-state index contributed by atoms with van der Waals surface area (Å²) >= 11 is 0. The lowest BCUT2D eigenvalue weighted by molar-refractivity contribution is -0.207. The van der Waals surface area contributed by atoms with Gasteiger partial charge in [-0.15, -0.1) is 0 Å². The highest BCUT2D eigenvalue weighted by molar-refractivity contribution is 5.91. The number of aliphatic hydroxyl groups is 4. The predicted octanol–water partition coefficient (Wildman–Crippen LogP) is 1.57. The number of fused-ring (bicyclic) bond motifs is 5. The molecular formula is C21H32O5. The summed E-state index contributed by atoms with van der Waals surface area (Å²) in [7, 11) is 0. The summed E-state index contributed by atoms with van der Waals surface area (Å²) in [6.07, 6.45) is 4.92. The fourth-order valence-corrected chi connectivity index (χ4v) is 7.42. The number of carbonyl (C=O) groups is 1. The summed E-state index contributed by atoms with van der Waals surface area (Å²) in [4.78, 5) is 11.9. The van der Waals surface area contributed by atoms with Gasteiger partial charge in [-0.3, -0.25) is 4.79 Å². The Balaban J connectivity index is 1.72. The Morgan fingerprint density at radius 1 is 1.23 bits per heavy atom. The van der Waals surface area contributed by atoms with E-state index >= 15 is 0 Å². The lowest BCUT2D eigenvalue weighted by atomic mass is 9.45. The van der Waals surface area contributed by atoms with Crippen LogP contribution in [0.4, 0.5) is 0 Å². The maximum Gasteiger partial charge on any atom is 0.155 e. The third-order valence-corrected chi connectivity index (χ3v) is 8.84. The van der Waals surface area contributed by atoms with Crippen LogP contribution in [0.3, 0.4) is 0 Å². The summed E-state index contributed by atoms with van der Waals surface area (Å²) < 4.78 is 0. The zero-order chi connectivity index (χ0) is 18.9. The first-order chi connectivity index (χ1) is 12.2. The van der Waals surface area contributed by atoms with Crippen molar-refractivity contribution in [2.45, 2.75) is 76.6 Å². The second kappa shape index (κ2) is 5.87. The van der Waals surface area contributed by atoms with Crippen molar-refractivity contribution in [3.63, 3.8) is 0 Å². The van der Waals surface area contributed by atoms with Crippen LogP contribution in [0.25, 0.3) is 0 Å². The molecular weight excluding hydrogens is 332 g/mol. The molecule has 0 aromatic heterocycles. The SMILES string of the molecule is C[C@]12CCC(=O)C=C1CCC1C2C(O)C[C@@]2(C)C1CC[C@@]2(O)C(O)CO. The van der Waals surface area contributed by atoms with Crippen LogP contribution in [0.2, 0.25) is 0 Å². The van der Waals surface area contributed by atoms with Gasteiger partial charge in [-0.1, -0.05) is 19.4 Å². The Bertz CT molecular complexity index is 644. The number of allylic oxidation sites excluding steroid dienone is 1. The molecule has 5 nitrogen and oxygen atoms in total. The third-order valence-electron chi connectivity index (χ3n) is 8.84. The third kappa shape index (κ3) is 2.20. The van der Waals surface area contributed by atoms with E-state index in [2.05, 4.69) is 6.92 Å². The van der Waals surface area contributed by atoms with Crippen LogP contribution in [0.1, 0.15) is 58.8 Å². The zero-order valence-electron chi connectivity index (χ0n) is 15.8. The van der Waals surface area contributed by atoms with E-state index in [1.54, 1.807) is 0 Å². The fourth-order valence-electron chi connectivity index (χ4n) is 7.42. The molecule has 0 heterocycles. The first-order valence-electron chi connectivity index (χ1n) is 10.1. The van der Waals surface area contributed by atoms with Gasteiger partial charge < -0.3 is 20.4 Å². The van der Waals surface area contributed by atoms with Crippen molar-refractivity contribution in [2.75, 3.05) is 6.61 Å². The standard InChI is InChI=1S/C21H32O5/c1-19-7-5-13(23)9-12(19)3-4-14-15-6-8-21(26,17(25)11-22)20(15,2)10-16(24)18(14)19/h9,14-18,22,24-26H,3-8,10-11H2,1-2H3/t14?,15?,16?,17?,18?,19-,20-,21+/m0/s1. The number of ketones is 1. The van der Waals surface area contributed by atoms with Crippen LogP contribution >= 0.6 is 0 Å². The average Bonchev–Trinajstić information content (AvgIpc) is 2.86. The predicted molar refractivity (Wildman–Crippen MR) is 96.1 cm³/mol. The number of carbonyl (C=O) groups excluding carboxylic acids is 1. The highest BCUT2D eigenvalue weighted by Gasteiger charge is 2.67. The highest BCUT2D eigenvalue weighted by atomic mass is 16.4. The first kappa shape index (κ1) is 18.6. The van der Waals surface area contributed by atoms with E-state index in [1.165, 1.54) is 5.57 Å². The minimum atomic E-state index is -1.35. The monoisotopic (exact) mass is 364 g/mol. The Morgan fingerprint density at radius 3 is 2.65 bits per heavy atom. The van der Waals surface area contributed by atoms with Crippen LogP contribution in [0.15, 0.2) is 11.6 Å². The second-order valence-corrected chi connectivity index (χ2v) is 9.74. The van der Waals surface area contributed by atoms with Crippen LogP contribution in [-0.4, -0.2) is 50.6 Å². The topological polar surface area (TPSA) is 98.0 Å². The Morgan fingerprint density at radius 2 is 1.96 bits per heavy atom. The number of rotatable bonds is 2. The molecule has 0 spiro atoms. The molecule has 0 saturated heterocycles. The van der Waals surface area contributed by atoms with Gasteiger partial charge in [-0.2, -0.15) is 0 Å². The molecule has 26 heavy (non-hydrogen) atoms. The normalized spacial score (nSPS) is 51.9. The fraction of sp³-hybridized carbons (Fsp3) is 0.857. The summed E-state index contributed by atoms with van der Waals surface area (Å²) in [5.41, 5.74) is -0.898. The molecule has 3 fully saturated rings. The van der Waals surface area contributed by atoms with E-state index in [1.807, 2.05) is 13.0 Å². The smallest absolute Gasteiger partial charge is 0.155 e. The maximum atomic E-state index is 11.9. The molecule has 4 rings (SSSR count).